The van der Waals surface area contributed by atoms with Crippen LogP contribution in [-0.2, 0) is 10.3 Å². The van der Waals surface area contributed by atoms with Crippen molar-refractivity contribution >= 4 is 11.9 Å². The molecule has 2 aliphatic rings. The largest absolute Gasteiger partial charge is 0.354 e. The van der Waals surface area contributed by atoms with Gasteiger partial charge in [0, 0.05) is 5.56 Å². The Hall–Kier alpha value is -1.15. The van der Waals surface area contributed by atoms with Gasteiger partial charge in [0.1, 0.15) is 6.21 Å². The van der Waals surface area contributed by atoms with E-state index in [0.29, 0.717) is 0 Å². The second-order valence-corrected chi connectivity index (χ2v) is 3.24. The SMILES string of the molecule is CC1OC12[C]=Nc1ccccc12. The summed E-state index contributed by atoms with van der Waals surface area (Å²) < 4.78 is 5.49. The molecule has 2 unspecified atom stereocenters. The van der Waals surface area contributed by atoms with Gasteiger partial charge in [-0.15, -0.1) is 0 Å². The van der Waals surface area contributed by atoms with Gasteiger partial charge in [0.2, 0.25) is 0 Å². The van der Waals surface area contributed by atoms with Crippen LogP contribution in [0, 0.1) is 0 Å². The summed E-state index contributed by atoms with van der Waals surface area (Å²) in [6, 6.07) is 8.04. The van der Waals surface area contributed by atoms with E-state index in [1.54, 1.807) is 0 Å². The Morgan fingerprint density at radius 1 is 1.50 bits per heavy atom. The van der Waals surface area contributed by atoms with Gasteiger partial charge in [0.15, 0.2) is 5.60 Å². The molecule has 2 heteroatoms. The first-order valence-corrected chi connectivity index (χ1v) is 4.08. The topological polar surface area (TPSA) is 24.9 Å². The third-order valence-corrected chi connectivity index (χ3v) is 2.52. The molecule has 2 atom stereocenters. The number of ether oxygens (including phenoxy) is 1. The monoisotopic (exact) mass is 158 g/mol. The van der Waals surface area contributed by atoms with E-state index in [0.717, 1.165) is 11.3 Å². The lowest BCUT2D eigenvalue weighted by atomic mass is 9.98. The van der Waals surface area contributed by atoms with Crippen LogP contribution >= 0.6 is 0 Å². The molecule has 1 saturated heterocycles. The standard InChI is InChI=1S/C10H8NO/c1-7-10(12-7)6-11-9-5-3-2-4-8(9)10/h2-5,7H,1H3. The number of hydrogen-bond donors (Lipinski definition) is 0. The van der Waals surface area contributed by atoms with Crippen molar-refractivity contribution in [2.45, 2.75) is 18.6 Å². The van der Waals surface area contributed by atoms with Crippen molar-refractivity contribution in [3.05, 3.63) is 29.8 Å². The van der Waals surface area contributed by atoms with Gasteiger partial charge in [-0.2, -0.15) is 0 Å². The van der Waals surface area contributed by atoms with Gasteiger partial charge < -0.3 is 4.74 Å². The van der Waals surface area contributed by atoms with E-state index >= 15 is 0 Å². The van der Waals surface area contributed by atoms with E-state index in [1.807, 2.05) is 25.1 Å². The molecule has 0 bridgehead atoms. The lowest BCUT2D eigenvalue weighted by molar-refractivity contribution is 0.357. The predicted octanol–water partition coefficient (Wildman–Crippen LogP) is 1.89. The smallest absolute Gasteiger partial charge is 0.165 e. The second-order valence-electron chi connectivity index (χ2n) is 3.24. The molecule has 0 N–H and O–H groups in total. The molecular weight excluding hydrogens is 150 g/mol. The number of nitrogens with zero attached hydrogens (tertiary/aromatic N) is 1. The van der Waals surface area contributed by atoms with Crippen LogP contribution in [0.15, 0.2) is 29.3 Å². The third kappa shape index (κ3) is 0.573. The van der Waals surface area contributed by atoms with Crippen molar-refractivity contribution in [3.63, 3.8) is 0 Å². The third-order valence-electron chi connectivity index (χ3n) is 2.52. The maximum Gasteiger partial charge on any atom is 0.165 e. The van der Waals surface area contributed by atoms with Crippen LogP contribution in [0.4, 0.5) is 5.69 Å². The summed E-state index contributed by atoms with van der Waals surface area (Å²) in [7, 11) is 0. The van der Waals surface area contributed by atoms with Gasteiger partial charge in [0.05, 0.1) is 11.8 Å². The zero-order chi connectivity index (χ0) is 8.18. The van der Waals surface area contributed by atoms with Crippen molar-refractivity contribution in [1.29, 1.82) is 0 Å². The number of hydrogen-bond acceptors (Lipinski definition) is 2. The summed E-state index contributed by atoms with van der Waals surface area (Å²) >= 11 is 0. The summed E-state index contributed by atoms with van der Waals surface area (Å²) in [4.78, 5) is 4.19. The number of fused-ring (bicyclic) bond motifs is 2. The first-order valence-electron chi connectivity index (χ1n) is 4.08. The fourth-order valence-corrected chi connectivity index (χ4v) is 1.73. The molecule has 0 aliphatic carbocycles. The van der Waals surface area contributed by atoms with Crippen LogP contribution in [0.3, 0.4) is 0 Å². The summed E-state index contributed by atoms with van der Waals surface area (Å²) in [5, 5.41) is 0. The Balaban J connectivity index is 2.21. The maximum absolute atomic E-state index is 5.49. The van der Waals surface area contributed by atoms with Crippen molar-refractivity contribution in [2.24, 2.45) is 4.99 Å². The molecule has 1 aromatic carbocycles. The summed E-state index contributed by atoms with van der Waals surface area (Å²) in [5.74, 6) is 0. The van der Waals surface area contributed by atoms with E-state index in [2.05, 4.69) is 17.3 Å². The van der Waals surface area contributed by atoms with Crippen molar-refractivity contribution in [1.82, 2.24) is 0 Å². The number of benzene rings is 1. The normalized spacial score (nSPS) is 35.6. The summed E-state index contributed by atoms with van der Waals surface area (Å²) in [6.07, 6.45) is 3.27. The maximum atomic E-state index is 5.49. The number of rotatable bonds is 0. The van der Waals surface area contributed by atoms with Crippen LogP contribution in [0.25, 0.3) is 0 Å². The molecule has 3 rings (SSSR count). The highest BCUT2D eigenvalue weighted by molar-refractivity contribution is 5.86. The van der Waals surface area contributed by atoms with E-state index < -0.39 is 0 Å². The van der Waals surface area contributed by atoms with Crippen LogP contribution in [0.2, 0.25) is 0 Å². The molecule has 2 heterocycles. The Bertz CT molecular complexity index is 372. The fraction of sp³-hybridized carbons (Fsp3) is 0.300. The quantitative estimate of drug-likeness (QED) is 0.529. The molecule has 0 saturated carbocycles. The second kappa shape index (κ2) is 1.77. The first-order chi connectivity index (χ1) is 5.83. The van der Waals surface area contributed by atoms with Crippen molar-refractivity contribution < 1.29 is 4.74 Å². The highest BCUT2D eigenvalue weighted by Gasteiger charge is 2.57. The molecule has 0 amide bonds. The molecule has 1 aromatic rings. The minimum absolute atomic E-state index is 0.241. The summed E-state index contributed by atoms with van der Waals surface area (Å²) in [6.45, 7) is 2.05. The van der Waals surface area contributed by atoms with Gasteiger partial charge in [0.25, 0.3) is 0 Å². The molecule has 2 nitrogen and oxygen atoms in total. The molecule has 12 heavy (non-hydrogen) atoms. The van der Waals surface area contributed by atoms with E-state index in [4.69, 9.17) is 4.74 Å². The van der Waals surface area contributed by atoms with Crippen molar-refractivity contribution in [3.8, 4) is 0 Å². The van der Waals surface area contributed by atoms with Gasteiger partial charge >= 0.3 is 0 Å². The highest BCUT2D eigenvalue weighted by atomic mass is 16.6. The minimum atomic E-state index is -0.281. The Kier molecular flexibility index (Phi) is 0.943. The Morgan fingerprint density at radius 3 is 3.00 bits per heavy atom. The van der Waals surface area contributed by atoms with Gasteiger partial charge in [-0.3, -0.25) is 0 Å². The molecular formula is C10H8NO. The molecule has 2 aliphatic heterocycles. The van der Waals surface area contributed by atoms with Gasteiger partial charge in [-0.05, 0) is 13.0 Å². The minimum Gasteiger partial charge on any atom is -0.354 e. The zero-order valence-corrected chi connectivity index (χ0v) is 6.74. The molecule has 1 spiro atoms. The number of para-hydroxylation sites is 1. The first kappa shape index (κ1) is 6.38. The van der Waals surface area contributed by atoms with E-state index in [1.165, 1.54) is 0 Å². The zero-order valence-electron chi connectivity index (χ0n) is 6.74. The lowest BCUT2D eigenvalue weighted by Gasteiger charge is -2.00. The number of aliphatic imine (C=N–C) groups is 1. The van der Waals surface area contributed by atoms with E-state index in [-0.39, 0.29) is 11.7 Å². The average Bonchev–Trinajstić information content (AvgIpc) is 2.58. The highest BCUT2D eigenvalue weighted by Crippen LogP contribution is 2.51. The van der Waals surface area contributed by atoms with Crippen LogP contribution < -0.4 is 0 Å². The Labute approximate surface area is 70.9 Å². The van der Waals surface area contributed by atoms with Crippen LogP contribution in [0.1, 0.15) is 12.5 Å². The Morgan fingerprint density at radius 2 is 2.25 bits per heavy atom. The summed E-state index contributed by atoms with van der Waals surface area (Å²) in [5.41, 5.74) is 1.88. The number of epoxide rings is 1. The van der Waals surface area contributed by atoms with E-state index in [9.17, 15) is 0 Å². The fourth-order valence-electron chi connectivity index (χ4n) is 1.73. The van der Waals surface area contributed by atoms with Gasteiger partial charge in [-0.25, -0.2) is 4.99 Å². The van der Waals surface area contributed by atoms with Crippen LogP contribution in [0.5, 0.6) is 0 Å². The average molecular weight is 158 g/mol. The lowest BCUT2D eigenvalue weighted by Crippen LogP contribution is -2.08. The van der Waals surface area contributed by atoms with Gasteiger partial charge in [-0.1, -0.05) is 18.2 Å². The predicted molar refractivity (Wildman–Crippen MR) is 45.8 cm³/mol. The van der Waals surface area contributed by atoms with Crippen molar-refractivity contribution in [2.75, 3.05) is 0 Å². The van der Waals surface area contributed by atoms with Crippen LogP contribution in [-0.4, -0.2) is 12.3 Å². The molecule has 1 fully saturated rings. The molecule has 59 valence electrons. The molecule has 0 aromatic heterocycles. The molecule has 1 radical (unpaired) electrons.